The first kappa shape index (κ1) is 19.2. The molecular weight excluding hydrogens is 336 g/mol. The molecule has 0 radical (unpaired) electrons. The molecule has 0 amide bonds. The molecule has 138 valence electrons. The van der Waals surface area contributed by atoms with Gasteiger partial charge in [-0.15, -0.1) is 0 Å². The molecule has 1 heterocycles. The number of nitrogens with zero attached hydrogens (tertiary/aromatic N) is 4. The molecule has 0 saturated heterocycles. The third-order valence-corrected chi connectivity index (χ3v) is 3.92. The van der Waals surface area contributed by atoms with Crippen LogP contribution in [0.1, 0.15) is 20.3 Å². The van der Waals surface area contributed by atoms with Gasteiger partial charge in [-0.05, 0) is 25.5 Å². The summed E-state index contributed by atoms with van der Waals surface area (Å²) in [5.74, 6) is -2.00. The van der Waals surface area contributed by atoms with E-state index < -0.39 is 17.5 Å². The summed E-state index contributed by atoms with van der Waals surface area (Å²) in [5.41, 5.74) is 0.242. The van der Waals surface area contributed by atoms with Gasteiger partial charge in [-0.1, -0.05) is 19.1 Å². The van der Waals surface area contributed by atoms with Gasteiger partial charge < -0.3 is 20.0 Å². The number of anilines is 2. The highest BCUT2D eigenvalue weighted by molar-refractivity contribution is 6.13. The zero-order valence-electron chi connectivity index (χ0n) is 15.2. The summed E-state index contributed by atoms with van der Waals surface area (Å²) in [4.78, 5) is 35.5. The van der Waals surface area contributed by atoms with Crippen LogP contribution >= 0.6 is 0 Å². The van der Waals surface area contributed by atoms with E-state index in [2.05, 4.69) is 9.97 Å². The van der Waals surface area contributed by atoms with Gasteiger partial charge in [-0.2, -0.15) is 4.98 Å². The predicted octanol–water partition coefficient (Wildman–Crippen LogP) is 2.36. The Morgan fingerprint density at radius 2 is 1.65 bits per heavy atom. The van der Waals surface area contributed by atoms with Gasteiger partial charge in [0.2, 0.25) is 5.95 Å². The Bertz CT molecular complexity index is 861. The van der Waals surface area contributed by atoms with Crippen molar-refractivity contribution in [1.82, 2.24) is 9.97 Å². The lowest BCUT2D eigenvalue weighted by Gasteiger charge is -2.27. The average molecular weight is 358 g/mol. The summed E-state index contributed by atoms with van der Waals surface area (Å²) in [6.07, 6.45) is 0.234. The fraction of sp³-hybridized carbons (Fsp3) is 0.333. The molecule has 0 spiro atoms. The number of carboxylic acids is 2. The Morgan fingerprint density at radius 3 is 2.15 bits per heavy atom. The maximum atomic E-state index is 11.5. The van der Waals surface area contributed by atoms with Crippen LogP contribution in [-0.2, 0) is 9.59 Å². The zero-order valence-corrected chi connectivity index (χ0v) is 15.2. The standard InChI is InChI=1S/C18H22N4O4/c1-5-13(14(16(23)24)17(25)26)22(6-2)15-11-9-7-8-10-12(11)19-18(20-15)21(3)4/h7-10H,5-6H2,1-4H3,(H,23,24)(H,25,26). The number of carbonyl (C=O) groups is 2. The van der Waals surface area contributed by atoms with Crippen LogP contribution in [0.15, 0.2) is 35.5 Å². The minimum Gasteiger partial charge on any atom is -0.477 e. The molecule has 0 fully saturated rings. The summed E-state index contributed by atoms with van der Waals surface area (Å²) in [6, 6.07) is 7.36. The van der Waals surface area contributed by atoms with Gasteiger partial charge in [-0.25, -0.2) is 14.6 Å². The molecule has 0 unspecified atom stereocenters. The molecule has 2 aromatic rings. The molecule has 1 aromatic carbocycles. The predicted molar refractivity (Wildman–Crippen MR) is 99.5 cm³/mol. The Morgan fingerprint density at radius 1 is 1.04 bits per heavy atom. The van der Waals surface area contributed by atoms with Gasteiger partial charge >= 0.3 is 11.9 Å². The van der Waals surface area contributed by atoms with Crippen LogP contribution in [0.25, 0.3) is 10.9 Å². The Balaban J connectivity index is 2.83. The average Bonchev–Trinajstić information content (AvgIpc) is 2.60. The fourth-order valence-corrected chi connectivity index (χ4v) is 2.76. The van der Waals surface area contributed by atoms with Gasteiger partial charge in [0.05, 0.1) is 5.52 Å². The number of hydrogen-bond donors (Lipinski definition) is 2. The molecule has 8 heteroatoms. The number of para-hydroxylation sites is 1. The van der Waals surface area contributed by atoms with Gasteiger partial charge in [-0.3, -0.25) is 0 Å². The summed E-state index contributed by atoms with van der Waals surface area (Å²) < 4.78 is 0. The molecule has 0 atom stereocenters. The molecular formula is C18H22N4O4. The Hall–Kier alpha value is -3.16. The number of fused-ring (bicyclic) bond motifs is 1. The van der Waals surface area contributed by atoms with E-state index in [0.29, 0.717) is 23.8 Å². The smallest absolute Gasteiger partial charge is 0.344 e. The topological polar surface area (TPSA) is 107 Å². The second kappa shape index (κ2) is 7.81. The van der Waals surface area contributed by atoms with Crippen LogP contribution in [0.3, 0.4) is 0 Å². The van der Waals surface area contributed by atoms with Crippen LogP contribution in [0.4, 0.5) is 11.8 Å². The number of carboxylic acid groups (broad SMARTS) is 2. The van der Waals surface area contributed by atoms with Crippen LogP contribution in [0.5, 0.6) is 0 Å². The van der Waals surface area contributed by atoms with E-state index in [1.165, 1.54) is 0 Å². The lowest BCUT2D eigenvalue weighted by molar-refractivity contribution is -0.140. The first-order valence-corrected chi connectivity index (χ1v) is 8.23. The minimum absolute atomic E-state index is 0.195. The summed E-state index contributed by atoms with van der Waals surface area (Å²) in [5, 5.41) is 19.5. The van der Waals surface area contributed by atoms with Crippen molar-refractivity contribution in [3.8, 4) is 0 Å². The van der Waals surface area contributed by atoms with Gasteiger partial charge in [0.15, 0.2) is 5.57 Å². The highest BCUT2D eigenvalue weighted by Crippen LogP contribution is 2.30. The second-order valence-electron chi connectivity index (χ2n) is 5.79. The van der Waals surface area contributed by atoms with Crippen molar-refractivity contribution in [2.75, 3.05) is 30.4 Å². The van der Waals surface area contributed by atoms with E-state index in [4.69, 9.17) is 0 Å². The molecule has 0 bridgehead atoms. The highest BCUT2D eigenvalue weighted by atomic mass is 16.4. The molecule has 26 heavy (non-hydrogen) atoms. The molecule has 2 N–H and O–H groups in total. The lowest BCUT2D eigenvalue weighted by atomic mass is 10.1. The quantitative estimate of drug-likeness (QED) is 0.441. The molecule has 2 rings (SSSR count). The highest BCUT2D eigenvalue weighted by Gasteiger charge is 2.27. The summed E-state index contributed by atoms with van der Waals surface area (Å²) in [7, 11) is 3.61. The molecule has 0 saturated carbocycles. The monoisotopic (exact) mass is 358 g/mol. The maximum Gasteiger partial charge on any atom is 0.344 e. The lowest BCUT2D eigenvalue weighted by Crippen LogP contribution is -2.29. The fourth-order valence-electron chi connectivity index (χ4n) is 2.76. The van der Waals surface area contributed by atoms with E-state index in [-0.39, 0.29) is 12.1 Å². The van der Waals surface area contributed by atoms with Crippen molar-refractivity contribution in [2.45, 2.75) is 20.3 Å². The van der Waals surface area contributed by atoms with E-state index >= 15 is 0 Å². The van der Waals surface area contributed by atoms with Crippen LogP contribution in [0.2, 0.25) is 0 Å². The normalized spacial score (nSPS) is 10.5. The van der Waals surface area contributed by atoms with Crippen molar-refractivity contribution in [1.29, 1.82) is 0 Å². The van der Waals surface area contributed by atoms with Crippen LogP contribution in [0, 0.1) is 0 Å². The van der Waals surface area contributed by atoms with Crippen molar-refractivity contribution in [2.24, 2.45) is 0 Å². The van der Waals surface area contributed by atoms with Gasteiger partial charge in [0.25, 0.3) is 0 Å². The number of benzene rings is 1. The molecule has 0 aliphatic heterocycles. The number of hydrogen-bond acceptors (Lipinski definition) is 6. The van der Waals surface area contributed by atoms with E-state index in [9.17, 15) is 19.8 Å². The molecule has 8 nitrogen and oxygen atoms in total. The van der Waals surface area contributed by atoms with Crippen molar-refractivity contribution in [3.05, 3.63) is 35.5 Å². The first-order chi connectivity index (χ1) is 12.3. The Kier molecular flexibility index (Phi) is 5.76. The molecule has 1 aromatic heterocycles. The van der Waals surface area contributed by atoms with Crippen molar-refractivity contribution < 1.29 is 19.8 Å². The van der Waals surface area contributed by atoms with E-state index in [1.54, 1.807) is 30.8 Å². The first-order valence-electron chi connectivity index (χ1n) is 8.23. The largest absolute Gasteiger partial charge is 0.477 e. The maximum absolute atomic E-state index is 11.5. The summed E-state index contributed by atoms with van der Waals surface area (Å²) >= 11 is 0. The van der Waals surface area contributed by atoms with Crippen molar-refractivity contribution >= 4 is 34.6 Å². The van der Waals surface area contributed by atoms with Gasteiger partial charge in [0, 0.05) is 31.7 Å². The molecule has 0 aliphatic rings. The van der Waals surface area contributed by atoms with Crippen molar-refractivity contribution in [3.63, 3.8) is 0 Å². The third-order valence-electron chi connectivity index (χ3n) is 3.92. The number of rotatable bonds is 7. The molecule has 0 aliphatic carbocycles. The van der Waals surface area contributed by atoms with Gasteiger partial charge in [0.1, 0.15) is 5.82 Å². The number of allylic oxidation sites excluding steroid dienone is 1. The number of aliphatic carboxylic acids is 2. The Labute approximate surface area is 151 Å². The third kappa shape index (κ3) is 3.58. The number of aromatic nitrogens is 2. The SMILES string of the molecule is CCC(=C(C(=O)O)C(=O)O)N(CC)c1nc(N(C)C)nc2ccccc12. The zero-order chi connectivity index (χ0) is 19.4. The van der Waals surface area contributed by atoms with E-state index in [0.717, 1.165) is 5.39 Å². The summed E-state index contributed by atoms with van der Waals surface area (Å²) in [6.45, 7) is 3.91. The van der Waals surface area contributed by atoms with Crippen LogP contribution < -0.4 is 9.80 Å². The van der Waals surface area contributed by atoms with E-state index in [1.807, 2.05) is 31.2 Å². The van der Waals surface area contributed by atoms with Crippen LogP contribution in [-0.4, -0.2) is 52.8 Å². The second-order valence-corrected chi connectivity index (χ2v) is 5.79. The minimum atomic E-state index is -1.47.